The van der Waals surface area contributed by atoms with Crippen molar-refractivity contribution in [2.75, 3.05) is 0 Å². The Morgan fingerprint density at radius 1 is 1.43 bits per heavy atom. The van der Waals surface area contributed by atoms with Crippen LogP contribution in [0.3, 0.4) is 0 Å². The van der Waals surface area contributed by atoms with Crippen LogP contribution in [0.5, 0.6) is 0 Å². The molecule has 1 unspecified atom stereocenters. The molecule has 1 aromatic rings. The van der Waals surface area contributed by atoms with Crippen molar-refractivity contribution in [2.45, 2.75) is 51.2 Å². The van der Waals surface area contributed by atoms with E-state index in [9.17, 15) is 9.18 Å². The van der Waals surface area contributed by atoms with E-state index in [4.69, 9.17) is 17.3 Å². The summed E-state index contributed by atoms with van der Waals surface area (Å²) in [7, 11) is 0. The Balaban J connectivity index is 2.28. The zero-order chi connectivity index (χ0) is 15.8. The summed E-state index contributed by atoms with van der Waals surface area (Å²) >= 11 is 5.85. The molecule has 1 aliphatic rings. The number of aldehydes is 1. The second kappa shape index (κ2) is 6.03. The van der Waals surface area contributed by atoms with Gasteiger partial charge in [-0.25, -0.2) is 4.39 Å². The number of rotatable bonds is 3. The Labute approximate surface area is 130 Å². The van der Waals surface area contributed by atoms with E-state index >= 15 is 0 Å². The first kappa shape index (κ1) is 16.4. The standard InChI is InChI=1S/C16H22ClFN2O/c1-16(2,3)7-12-15(19)14(13(8-21)20-12)9-4-5-11(18)10(17)6-9/h4-6,8,12-15,20H,7,19H2,1-3H3/t12-,13-,14-,15?/m0/s1. The number of halogens is 2. The van der Waals surface area contributed by atoms with Gasteiger partial charge in [-0.3, -0.25) is 0 Å². The lowest BCUT2D eigenvalue weighted by Gasteiger charge is -2.27. The zero-order valence-electron chi connectivity index (χ0n) is 12.6. The van der Waals surface area contributed by atoms with Crippen LogP contribution in [-0.4, -0.2) is 24.4 Å². The van der Waals surface area contributed by atoms with Crippen LogP contribution in [0.4, 0.5) is 4.39 Å². The lowest BCUT2D eigenvalue weighted by Crippen LogP contribution is -2.41. The highest BCUT2D eigenvalue weighted by Gasteiger charge is 2.42. The van der Waals surface area contributed by atoms with E-state index in [1.54, 1.807) is 12.1 Å². The summed E-state index contributed by atoms with van der Waals surface area (Å²) in [6, 6.07) is 4.02. The van der Waals surface area contributed by atoms with Gasteiger partial charge in [0.25, 0.3) is 0 Å². The van der Waals surface area contributed by atoms with E-state index in [2.05, 4.69) is 26.1 Å². The van der Waals surface area contributed by atoms with Gasteiger partial charge in [-0.2, -0.15) is 0 Å². The minimum absolute atomic E-state index is 0.0500. The van der Waals surface area contributed by atoms with Gasteiger partial charge in [0.1, 0.15) is 12.1 Å². The average Bonchev–Trinajstić information content (AvgIpc) is 2.68. The Morgan fingerprint density at radius 3 is 2.62 bits per heavy atom. The summed E-state index contributed by atoms with van der Waals surface area (Å²) in [5, 5.41) is 3.36. The Hall–Kier alpha value is -0.970. The van der Waals surface area contributed by atoms with Crippen LogP contribution in [0, 0.1) is 11.2 Å². The molecule has 0 aliphatic carbocycles. The summed E-state index contributed by atoms with van der Waals surface area (Å²) in [4.78, 5) is 11.4. The quantitative estimate of drug-likeness (QED) is 0.844. The largest absolute Gasteiger partial charge is 0.326 e. The fourth-order valence-electron chi connectivity index (χ4n) is 3.08. The fourth-order valence-corrected chi connectivity index (χ4v) is 3.27. The average molecular weight is 313 g/mol. The smallest absolute Gasteiger partial charge is 0.141 e. The van der Waals surface area contributed by atoms with E-state index < -0.39 is 5.82 Å². The molecular weight excluding hydrogens is 291 g/mol. The summed E-state index contributed by atoms with van der Waals surface area (Å²) in [5.74, 6) is -0.651. The molecule has 0 bridgehead atoms. The maximum absolute atomic E-state index is 13.3. The molecule has 4 atom stereocenters. The minimum Gasteiger partial charge on any atom is -0.326 e. The van der Waals surface area contributed by atoms with Crippen LogP contribution in [0.25, 0.3) is 0 Å². The number of nitrogens with two attached hydrogens (primary N) is 1. The minimum atomic E-state index is -0.464. The van der Waals surface area contributed by atoms with Crippen molar-refractivity contribution in [3.8, 4) is 0 Å². The van der Waals surface area contributed by atoms with Crippen LogP contribution >= 0.6 is 11.6 Å². The molecule has 21 heavy (non-hydrogen) atoms. The van der Waals surface area contributed by atoms with Crippen LogP contribution in [-0.2, 0) is 4.79 Å². The second-order valence-electron chi connectivity index (χ2n) is 6.98. The molecule has 5 heteroatoms. The number of hydrogen-bond donors (Lipinski definition) is 2. The number of carbonyl (C=O) groups excluding carboxylic acids is 1. The number of nitrogens with one attached hydrogen (secondary N) is 1. The molecule has 0 saturated carbocycles. The first-order valence-electron chi connectivity index (χ1n) is 7.15. The summed E-state index contributed by atoms with van der Waals surface area (Å²) in [5.41, 5.74) is 7.27. The van der Waals surface area contributed by atoms with Gasteiger partial charge < -0.3 is 15.8 Å². The van der Waals surface area contributed by atoms with Crippen molar-refractivity contribution in [2.24, 2.45) is 11.1 Å². The monoisotopic (exact) mass is 312 g/mol. The second-order valence-corrected chi connectivity index (χ2v) is 7.38. The predicted molar refractivity (Wildman–Crippen MR) is 83.0 cm³/mol. The maximum atomic E-state index is 13.3. The van der Waals surface area contributed by atoms with Crippen LogP contribution in [0.15, 0.2) is 18.2 Å². The molecule has 0 aromatic heterocycles. The Kier molecular flexibility index (Phi) is 4.71. The number of carbonyl (C=O) groups is 1. The van der Waals surface area contributed by atoms with Gasteiger partial charge in [0.2, 0.25) is 0 Å². The van der Waals surface area contributed by atoms with Gasteiger partial charge in [0.15, 0.2) is 0 Å². The highest BCUT2D eigenvalue weighted by molar-refractivity contribution is 6.30. The molecule has 3 N–H and O–H groups in total. The van der Waals surface area contributed by atoms with Crippen molar-refractivity contribution < 1.29 is 9.18 Å². The van der Waals surface area contributed by atoms with Crippen LogP contribution in [0.2, 0.25) is 5.02 Å². The summed E-state index contributed by atoms with van der Waals surface area (Å²) in [6.07, 6.45) is 1.74. The molecule has 2 rings (SSSR count). The lowest BCUT2D eigenvalue weighted by molar-refractivity contribution is -0.109. The molecule has 0 spiro atoms. The fraction of sp³-hybridized carbons (Fsp3) is 0.562. The van der Waals surface area contributed by atoms with E-state index in [-0.39, 0.29) is 34.5 Å². The van der Waals surface area contributed by atoms with Crippen molar-refractivity contribution in [3.63, 3.8) is 0 Å². The van der Waals surface area contributed by atoms with Crippen molar-refractivity contribution >= 4 is 17.9 Å². The van der Waals surface area contributed by atoms with E-state index in [0.717, 1.165) is 18.3 Å². The van der Waals surface area contributed by atoms with E-state index in [0.29, 0.717) is 0 Å². The van der Waals surface area contributed by atoms with E-state index in [1.807, 2.05) is 0 Å². The van der Waals surface area contributed by atoms with Crippen molar-refractivity contribution in [1.29, 1.82) is 0 Å². The lowest BCUT2D eigenvalue weighted by atomic mass is 9.82. The van der Waals surface area contributed by atoms with Crippen LogP contribution in [0.1, 0.15) is 38.7 Å². The van der Waals surface area contributed by atoms with Crippen LogP contribution < -0.4 is 11.1 Å². The first-order valence-corrected chi connectivity index (χ1v) is 7.52. The summed E-state index contributed by atoms with van der Waals surface area (Å²) in [6.45, 7) is 6.41. The van der Waals surface area contributed by atoms with Gasteiger partial charge in [-0.05, 0) is 29.5 Å². The van der Waals surface area contributed by atoms with Gasteiger partial charge in [-0.1, -0.05) is 38.4 Å². The first-order chi connectivity index (χ1) is 9.73. The number of hydrogen-bond acceptors (Lipinski definition) is 3. The Bertz CT molecular complexity index is 529. The highest BCUT2D eigenvalue weighted by Crippen LogP contribution is 2.35. The molecule has 1 aliphatic heterocycles. The third-order valence-corrected chi connectivity index (χ3v) is 4.27. The third kappa shape index (κ3) is 3.62. The molecule has 116 valence electrons. The zero-order valence-corrected chi connectivity index (χ0v) is 13.3. The normalized spacial score (nSPS) is 29.6. The van der Waals surface area contributed by atoms with Gasteiger partial charge in [-0.15, -0.1) is 0 Å². The van der Waals surface area contributed by atoms with Gasteiger partial charge in [0, 0.05) is 18.0 Å². The number of benzene rings is 1. The molecule has 3 nitrogen and oxygen atoms in total. The molecule has 1 saturated heterocycles. The molecule has 0 amide bonds. The van der Waals surface area contributed by atoms with Crippen molar-refractivity contribution in [3.05, 3.63) is 34.6 Å². The maximum Gasteiger partial charge on any atom is 0.141 e. The Morgan fingerprint density at radius 2 is 2.10 bits per heavy atom. The molecule has 1 fully saturated rings. The van der Waals surface area contributed by atoms with Gasteiger partial charge in [0.05, 0.1) is 11.1 Å². The van der Waals surface area contributed by atoms with Crippen molar-refractivity contribution in [1.82, 2.24) is 5.32 Å². The predicted octanol–water partition coefficient (Wildman–Crippen LogP) is 2.87. The summed E-state index contributed by atoms with van der Waals surface area (Å²) < 4.78 is 13.3. The topological polar surface area (TPSA) is 55.1 Å². The highest BCUT2D eigenvalue weighted by atomic mass is 35.5. The third-order valence-electron chi connectivity index (χ3n) is 3.98. The molecular formula is C16H22ClFN2O. The molecule has 1 heterocycles. The molecule has 0 radical (unpaired) electrons. The van der Waals surface area contributed by atoms with E-state index in [1.165, 1.54) is 6.07 Å². The SMILES string of the molecule is CC(C)(C)C[C@@H]1N[C@@H](C=O)[C@H](c2ccc(F)c(Cl)c2)C1N. The molecule has 1 aromatic carbocycles. The van der Waals surface area contributed by atoms with Gasteiger partial charge >= 0.3 is 0 Å².